The number of benzene rings is 5. The van der Waals surface area contributed by atoms with Crippen molar-refractivity contribution in [1.82, 2.24) is 0 Å². The van der Waals surface area contributed by atoms with E-state index in [9.17, 15) is 30.0 Å². The van der Waals surface area contributed by atoms with E-state index < -0.39 is 0 Å². The number of rotatable bonds is 8. The quantitative estimate of drug-likeness (QED) is 0.0981. The van der Waals surface area contributed by atoms with Crippen molar-refractivity contribution in [2.45, 2.75) is 39.5 Å². The van der Waals surface area contributed by atoms with Crippen LogP contribution in [0.15, 0.2) is 121 Å². The average molecular weight is 651 g/mol. The molecule has 0 unspecified atom stereocenters. The topological polar surface area (TPSA) is 134 Å². The Bertz CT molecular complexity index is 1470. The normalized spacial score (nSPS) is 10.3. The molecule has 0 saturated heterocycles. The fourth-order valence-electron chi connectivity index (χ4n) is 5.11. The summed E-state index contributed by atoms with van der Waals surface area (Å²) in [7, 11) is 0. The third-order valence-corrected chi connectivity index (χ3v) is 7.20. The Hall–Kier alpha value is -5.76. The highest BCUT2D eigenvalue weighted by atomic mass is 16.5. The number of ether oxygens (including phenoxy) is 2. The van der Waals surface area contributed by atoms with E-state index in [0.717, 1.165) is 33.4 Å². The van der Waals surface area contributed by atoms with Gasteiger partial charge in [-0.25, -0.2) is 0 Å². The smallest absolute Gasteiger partial charge is 0.302 e. The van der Waals surface area contributed by atoms with E-state index in [4.69, 9.17) is 0 Å². The Kier molecular flexibility index (Phi) is 14.1. The highest BCUT2D eigenvalue weighted by Gasteiger charge is 2.20. The maximum atomic E-state index is 9.82. The van der Waals surface area contributed by atoms with Gasteiger partial charge >= 0.3 is 11.9 Å². The van der Waals surface area contributed by atoms with E-state index in [0.29, 0.717) is 13.2 Å². The first-order valence-electron chi connectivity index (χ1n) is 15.5. The number of phenolic OH excluding ortho intramolecular Hbond substituents is 4. The van der Waals surface area contributed by atoms with Crippen LogP contribution in [0.2, 0.25) is 0 Å². The number of carbonyl (C=O) groups excluding carboxylic acids is 2. The number of hydrogen-bond donors (Lipinski definition) is 4. The molecule has 0 fully saturated rings. The largest absolute Gasteiger partial charge is 0.508 e. The first-order valence-corrected chi connectivity index (χ1v) is 15.5. The molecule has 5 rings (SSSR count). The molecule has 8 nitrogen and oxygen atoms in total. The van der Waals surface area contributed by atoms with E-state index in [1.54, 1.807) is 62.4 Å². The predicted molar refractivity (Wildman–Crippen MR) is 185 cm³/mol. The van der Waals surface area contributed by atoms with Crippen LogP contribution in [0, 0.1) is 0 Å². The Morgan fingerprint density at radius 2 is 0.583 bits per heavy atom. The van der Waals surface area contributed by atoms with E-state index in [-0.39, 0.29) is 46.8 Å². The van der Waals surface area contributed by atoms with Crippen LogP contribution in [-0.4, -0.2) is 45.6 Å². The van der Waals surface area contributed by atoms with E-state index in [2.05, 4.69) is 33.7 Å². The van der Waals surface area contributed by atoms with Gasteiger partial charge in [0, 0.05) is 25.7 Å². The van der Waals surface area contributed by atoms with E-state index in [1.807, 2.05) is 48.5 Å². The molecule has 5 aromatic rings. The number of esters is 2. The van der Waals surface area contributed by atoms with Gasteiger partial charge in [-0.3, -0.25) is 9.59 Å². The van der Waals surface area contributed by atoms with Gasteiger partial charge < -0.3 is 29.9 Å². The molecule has 0 bridgehead atoms. The van der Waals surface area contributed by atoms with Crippen LogP contribution in [-0.2, 0) is 19.1 Å². The van der Waals surface area contributed by atoms with Crippen molar-refractivity contribution >= 4 is 11.9 Å². The molecule has 0 amide bonds. The summed E-state index contributed by atoms with van der Waals surface area (Å²) < 4.78 is 8.81. The van der Waals surface area contributed by atoms with Crippen molar-refractivity contribution in [3.8, 4) is 23.0 Å². The first kappa shape index (κ1) is 36.7. The highest BCUT2D eigenvalue weighted by molar-refractivity contribution is 5.66. The zero-order valence-electron chi connectivity index (χ0n) is 27.5. The van der Waals surface area contributed by atoms with Crippen molar-refractivity contribution in [3.63, 3.8) is 0 Å². The molecule has 0 radical (unpaired) electrons. The average Bonchev–Trinajstić information content (AvgIpc) is 3.06. The summed E-state index contributed by atoms with van der Waals surface area (Å²) in [6.07, 6.45) is 0. The lowest BCUT2D eigenvalue weighted by Crippen LogP contribution is -2.06. The molecule has 0 heterocycles. The van der Waals surface area contributed by atoms with Gasteiger partial charge in [0.05, 0.1) is 13.2 Å². The fourth-order valence-corrected chi connectivity index (χ4v) is 5.11. The van der Waals surface area contributed by atoms with Gasteiger partial charge in [-0.2, -0.15) is 0 Å². The fraction of sp³-hybridized carbons (Fsp3) is 0.200. The summed E-state index contributed by atoms with van der Waals surface area (Å²) in [5.41, 5.74) is 6.26. The zero-order valence-corrected chi connectivity index (χ0v) is 27.5. The van der Waals surface area contributed by atoms with Crippen LogP contribution in [0.4, 0.5) is 0 Å². The van der Waals surface area contributed by atoms with Crippen molar-refractivity contribution in [1.29, 1.82) is 0 Å². The summed E-state index contributed by atoms with van der Waals surface area (Å²) in [6, 6.07) is 37.2. The second kappa shape index (κ2) is 18.4. The molecule has 5 aromatic carbocycles. The number of aromatic hydroxyl groups is 4. The molecule has 0 aromatic heterocycles. The summed E-state index contributed by atoms with van der Waals surface area (Å²) in [5.74, 6) is 0.263. The van der Waals surface area contributed by atoms with Crippen LogP contribution in [0.3, 0.4) is 0 Å². The summed E-state index contributed by atoms with van der Waals surface area (Å²) in [6.45, 7) is 7.31. The van der Waals surface area contributed by atoms with Crippen molar-refractivity contribution in [2.24, 2.45) is 0 Å². The standard InChI is InChI=1S/C32H26O4.2C4H8O2/c33-27-13-5-23(6-14-27)31(24-7-15-28(34)16-8-24)21-1-2-22(4-3-21)32(25-9-17-29(35)18-10-25)26-11-19-30(36)20-12-26;2*1-3-6-4(2)5/h1-20,31-36H;2*3H2,1-2H3. The van der Waals surface area contributed by atoms with Gasteiger partial charge in [-0.15, -0.1) is 0 Å². The lowest BCUT2D eigenvalue weighted by molar-refractivity contribution is -0.141. The Morgan fingerprint density at radius 3 is 0.708 bits per heavy atom. The monoisotopic (exact) mass is 650 g/mol. The molecule has 250 valence electrons. The summed E-state index contributed by atoms with van der Waals surface area (Å²) in [4.78, 5) is 19.6. The first-order chi connectivity index (χ1) is 23.0. The minimum absolute atomic E-state index is 0.0824. The van der Waals surface area contributed by atoms with Crippen molar-refractivity contribution < 1.29 is 39.5 Å². The second-order valence-corrected chi connectivity index (χ2v) is 10.7. The number of carbonyl (C=O) groups is 2. The molecule has 0 saturated carbocycles. The Labute approximate surface area is 281 Å². The maximum Gasteiger partial charge on any atom is 0.302 e. The van der Waals surface area contributed by atoms with Gasteiger partial charge in [0.15, 0.2) is 0 Å². The molecular weight excluding hydrogens is 608 g/mol. The van der Waals surface area contributed by atoms with Gasteiger partial charge in [-0.1, -0.05) is 72.8 Å². The number of hydrogen-bond acceptors (Lipinski definition) is 8. The molecule has 0 spiro atoms. The Morgan fingerprint density at radius 1 is 0.417 bits per heavy atom. The minimum Gasteiger partial charge on any atom is -0.508 e. The molecule has 0 atom stereocenters. The van der Waals surface area contributed by atoms with Crippen molar-refractivity contribution in [3.05, 3.63) is 155 Å². The second-order valence-electron chi connectivity index (χ2n) is 10.7. The minimum atomic E-state index is -0.211. The molecule has 0 aliphatic carbocycles. The van der Waals surface area contributed by atoms with Crippen LogP contribution >= 0.6 is 0 Å². The SMILES string of the molecule is CCOC(C)=O.CCOC(C)=O.Oc1ccc(C(c2ccc(O)cc2)c2ccc(C(c3ccc(O)cc3)c3ccc(O)cc3)cc2)cc1. The molecule has 48 heavy (non-hydrogen) atoms. The van der Waals surface area contributed by atoms with E-state index in [1.165, 1.54) is 13.8 Å². The molecule has 4 N–H and O–H groups in total. The van der Waals surface area contributed by atoms with E-state index >= 15 is 0 Å². The Balaban J connectivity index is 0.000000446. The molecular formula is C40H42O8. The van der Waals surface area contributed by atoms with Crippen LogP contribution in [0.1, 0.15) is 72.9 Å². The molecule has 8 heteroatoms. The molecule has 0 aliphatic heterocycles. The summed E-state index contributed by atoms with van der Waals surface area (Å²) >= 11 is 0. The van der Waals surface area contributed by atoms with Gasteiger partial charge in [0.25, 0.3) is 0 Å². The van der Waals surface area contributed by atoms with Crippen LogP contribution in [0.25, 0.3) is 0 Å². The van der Waals surface area contributed by atoms with Gasteiger partial charge in [0.1, 0.15) is 23.0 Å². The van der Waals surface area contributed by atoms with Gasteiger partial charge in [-0.05, 0) is 95.8 Å². The highest BCUT2D eigenvalue weighted by Crippen LogP contribution is 2.37. The zero-order chi connectivity index (χ0) is 35.1. The third-order valence-electron chi connectivity index (χ3n) is 7.20. The number of phenols is 4. The maximum absolute atomic E-state index is 9.82. The van der Waals surface area contributed by atoms with Crippen LogP contribution in [0.5, 0.6) is 23.0 Å². The predicted octanol–water partition coefficient (Wildman–Crippen LogP) is 8.01. The van der Waals surface area contributed by atoms with Gasteiger partial charge in [0.2, 0.25) is 0 Å². The van der Waals surface area contributed by atoms with Crippen LogP contribution < -0.4 is 0 Å². The lowest BCUT2D eigenvalue weighted by Gasteiger charge is -2.22. The lowest BCUT2D eigenvalue weighted by atomic mass is 9.81. The van der Waals surface area contributed by atoms with Crippen molar-refractivity contribution in [2.75, 3.05) is 13.2 Å². The summed E-state index contributed by atoms with van der Waals surface area (Å²) in [5, 5.41) is 39.2. The molecule has 0 aliphatic rings. The third kappa shape index (κ3) is 11.2.